The molecule has 100 valence electrons. The molecular formula is C10H12F3N3O2. The van der Waals surface area contributed by atoms with Crippen LogP contribution in [0.25, 0.3) is 0 Å². The summed E-state index contributed by atoms with van der Waals surface area (Å²) in [6.07, 6.45) is -2.94. The van der Waals surface area contributed by atoms with Gasteiger partial charge in [0.25, 0.3) is 0 Å². The van der Waals surface area contributed by atoms with Gasteiger partial charge in [-0.25, -0.2) is 9.78 Å². The van der Waals surface area contributed by atoms with E-state index in [4.69, 9.17) is 4.74 Å². The summed E-state index contributed by atoms with van der Waals surface area (Å²) in [6, 6.07) is 2.31. The van der Waals surface area contributed by atoms with E-state index in [9.17, 15) is 18.0 Å². The summed E-state index contributed by atoms with van der Waals surface area (Å²) in [7, 11) is 1.44. The second-order valence-corrected chi connectivity index (χ2v) is 3.36. The molecule has 0 aliphatic rings. The van der Waals surface area contributed by atoms with Gasteiger partial charge in [0.15, 0.2) is 0 Å². The van der Waals surface area contributed by atoms with Crippen LogP contribution in [0.15, 0.2) is 18.3 Å². The monoisotopic (exact) mass is 263 g/mol. The van der Waals surface area contributed by atoms with E-state index >= 15 is 0 Å². The van der Waals surface area contributed by atoms with Crippen molar-refractivity contribution in [1.82, 2.24) is 15.6 Å². The van der Waals surface area contributed by atoms with Gasteiger partial charge in [-0.1, -0.05) is 0 Å². The third-order valence-corrected chi connectivity index (χ3v) is 1.91. The van der Waals surface area contributed by atoms with Crippen LogP contribution in [-0.4, -0.2) is 30.8 Å². The minimum atomic E-state index is -4.42. The number of amides is 2. The van der Waals surface area contributed by atoms with Gasteiger partial charge in [0.1, 0.15) is 6.54 Å². The maximum atomic E-state index is 11.8. The zero-order valence-electron chi connectivity index (χ0n) is 9.54. The zero-order valence-corrected chi connectivity index (χ0v) is 9.54. The molecule has 0 aliphatic carbocycles. The molecule has 0 saturated heterocycles. The van der Waals surface area contributed by atoms with Gasteiger partial charge >= 0.3 is 12.2 Å². The van der Waals surface area contributed by atoms with E-state index in [-0.39, 0.29) is 6.54 Å². The van der Waals surface area contributed by atoms with E-state index < -0.39 is 18.8 Å². The van der Waals surface area contributed by atoms with Gasteiger partial charge in [0.05, 0.1) is 7.11 Å². The molecule has 1 rings (SSSR count). The minimum absolute atomic E-state index is 0.0859. The lowest BCUT2D eigenvalue weighted by Gasteiger charge is -2.10. The number of hydrogen-bond acceptors (Lipinski definition) is 3. The van der Waals surface area contributed by atoms with Crippen molar-refractivity contribution in [3.05, 3.63) is 23.9 Å². The number of ether oxygens (including phenoxy) is 1. The standard InChI is InChI=1S/C10H12F3N3O2/c1-18-8-4-7(2-3-14-8)5-15-9(17)16-6-10(11,12)13/h2-4H,5-6H2,1H3,(H2,15,16,17). The Morgan fingerprint density at radius 3 is 2.78 bits per heavy atom. The molecule has 0 saturated carbocycles. The van der Waals surface area contributed by atoms with E-state index in [0.29, 0.717) is 11.4 Å². The highest BCUT2D eigenvalue weighted by Gasteiger charge is 2.27. The molecule has 0 aliphatic heterocycles. The average Bonchev–Trinajstić information content (AvgIpc) is 2.33. The van der Waals surface area contributed by atoms with Crippen LogP contribution in [0.4, 0.5) is 18.0 Å². The van der Waals surface area contributed by atoms with E-state index in [1.165, 1.54) is 13.3 Å². The number of nitrogens with one attached hydrogen (secondary N) is 2. The molecule has 2 amide bonds. The van der Waals surface area contributed by atoms with Crippen LogP contribution in [0, 0.1) is 0 Å². The predicted octanol–water partition coefficient (Wildman–Crippen LogP) is 1.45. The number of halogens is 3. The summed E-state index contributed by atoms with van der Waals surface area (Å²) in [6.45, 7) is -1.28. The topological polar surface area (TPSA) is 63.2 Å². The predicted molar refractivity (Wildman–Crippen MR) is 57.1 cm³/mol. The van der Waals surface area contributed by atoms with Crippen LogP contribution >= 0.6 is 0 Å². The molecule has 0 bridgehead atoms. The van der Waals surface area contributed by atoms with Crippen molar-refractivity contribution in [2.24, 2.45) is 0 Å². The maximum absolute atomic E-state index is 11.8. The Morgan fingerprint density at radius 1 is 1.44 bits per heavy atom. The minimum Gasteiger partial charge on any atom is -0.481 e. The molecule has 8 heteroatoms. The van der Waals surface area contributed by atoms with Gasteiger partial charge in [-0.05, 0) is 11.6 Å². The number of alkyl halides is 3. The number of pyridine rings is 1. The molecule has 0 fully saturated rings. The van der Waals surface area contributed by atoms with Crippen LogP contribution in [0.2, 0.25) is 0 Å². The van der Waals surface area contributed by atoms with Crippen molar-refractivity contribution in [2.45, 2.75) is 12.7 Å². The largest absolute Gasteiger partial charge is 0.481 e. The van der Waals surface area contributed by atoms with Crippen molar-refractivity contribution in [2.75, 3.05) is 13.7 Å². The fraction of sp³-hybridized carbons (Fsp3) is 0.400. The van der Waals surface area contributed by atoms with Gasteiger partial charge in [0.2, 0.25) is 5.88 Å². The Bertz CT molecular complexity index is 410. The van der Waals surface area contributed by atoms with Crippen LogP contribution < -0.4 is 15.4 Å². The number of urea groups is 1. The molecule has 1 aromatic rings. The van der Waals surface area contributed by atoms with Crippen molar-refractivity contribution in [3.8, 4) is 5.88 Å². The summed E-state index contributed by atoms with van der Waals surface area (Å²) in [4.78, 5) is 14.9. The Kier molecular flexibility index (Phi) is 4.75. The maximum Gasteiger partial charge on any atom is 0.405 e. The van der Waals surface area contributed by atoms with Gasteiger partial charge < -0.3 is 15.4 Å². The van der Waals surface area contributed by atoms with Crippen molar-refractivity contribution >= 4 is 6.03 Å². The molecule has 0 unspecified atom stereocenters. The summed E-state index contributed by atoms with van der Waals surface area (Å²) in [5, 5.41) is 3.99. The van der Waals surface area contributed by atoms with Crippen molar-refractivity contribution in [1.29, 1.82) is 0 Å². The Labute approximate surface area is 101 Å². The van der Waals surface area contributed by atoms with E-state index in [0.717, 1.165) is 0 Å². The summed E-state index contributed by atoms with van der Waals surface area (Å²) in [5.41, 5.74) is 0.670. The summed E-state index contributed by atoms with van der Waals surface area (Å²) in [5.74, 6) is 0.366. The number of aromatic nitrogens is 1. The SMILES string of the molecule is COc1cc(CNC(=O)NCC(F)(F)F)ccn1. The normalized spacial score (nSPS) is 10.9. The fourth-order valence-electron chi connectivity index (χ4n) is 1.10. The number of rotatable bonds is 4. The highest BCUT2D eigenvalue weighted by molar-refractivity contribution is 5.73. The molecule has 18 heavy (non-hydrogen) atoms. The third-order valence-electron chi connectivity index (χ3n) is 1.91. The van der Waals surface area contributed by atoms with Crippen LogP contribution in [0.5, 0.6) is 5.88 Å². The second-order valence-electron chi connectivity index (χ2n) is 3.36. The molecule has 5 nitrogen and oxygen atoms in total. The van der Waals surface area contributed by atoms with Gasteiger partial charge in [-0.15, -0.1) is 0 Å². The first-order chi connectivity index (χ1) is 8.40. The highest BCUT2D eigenvalue weighted by atomic mass is 19.4. The lowest BCUT2D eigenvalue weighted by atomic mass is 10.2. The van der Waals surface area contributed by atoms with Crippen molar-refractivity contribution < 1.29 is 22.7 Å². The molecule has 0 aromatic carbocycles. The quantitative estimate of drug-likeness (QED) is 0.864. The highest BCUT2D eigenvalue weighted by Crippen LogP contribution is 2.12. The Balaban J connectivity index is 2.38. The number of carbonyl (C=O) groups is 1. The van der Waals surface area contributed by atoms with Crippen molar-refractivity contribution in [3.63, 3.8) is 0 Å². The molecule has 1 aromatic heterocycles. The smallest absolute Gasteiger partial charge is 0.405 e. The lowest BCUT2D eigenvalue weighted by Crippen LogP contribution is -2.40. The first kappa shape index (κ1) is 14.1. The molecule has 1 heterocycles. The summed E-state index contributed by atoms with van der Waals surface area (Å²) < 4.78 is 40.3. The van der Waals surface area contributed by atoms with Crippen LogP contribution in [-0.2, 0) is 6.54 Å². The third kappa shape index (κ3) is 5.37. The number of methoxy groups -OCH3 is 1. The lowest BCUT2D eigenvalue weighted by molar-refractivity contribution is -0.122. The summed E-state index contributed by atoms with van der Waals surface area (Å²) >= 11 is 0. The Morgan fingerprint density at radius 2 is 2.17 bits per heavy atom. The molecule has 0 spiro atoms. The molecule has 2 N–H and O–H groups in total. The van der Waals surface area contributed by atoms with Crippen LogP contribution in [0.3, 0.4) is 0 Å². The van der Waals surface area contributed by atoms with E-state index in [2.05, 4.69) is 10.3 Å². The van der Waals surface area contributed by atoms with Gasteiger partial charge in [-0.3, -0.25) is 0 Å². The van der Waals surface area contributed by atoms with E-state index in [1.54, 1.807) is 17.4 Å². The number of carbonyl (C=O) groups excluding carboxylic acids is 1. The molecule has 0 radical (unpaired) electrons. The number of nitrogens with zero attached hydrogens (tertiary/aromatic N) is 1. The van der Waals surface area contributed by atoms with Gasteiger partial charge in [0, 0.05) is 18.8 Å². The number of hydrogen-bond donors (Lipinski definition) is 2. The Hall–Kier alpha value is -1.99. The van der Waals surface area contributed by atoms with Gasteiger partial charge in [-0.2, -0.15) is 13.2 Å². The first-order valence-electron chi connectivity index (χ1n) is 4.98. The fourth-order valence-corrected chi connectivity index (χ4v) is 1.10. The zero-order chi connectivity index (χ0) is 13.6. The first-order valence-corrected chi connectivity index (χ1v) is 4.98. The molecule has 0 atom stereocenters. The van der Waals surface area contributed by atoms with E-state index in [1.807, 2.05) is 0 Å². The average molecular weight is 263 g/mol. The second kappa shape index (κ2) is 6.08. The van der Waals surface area contributed by atoms with Crippen LogP contribution in [0.1, 0.15) is 5.56 Å². The molecular weight excluding hydrogens is 251 g/mol.